The van der Waals surface area contributed by atoms with E-state index in [0.717, 1.165) is 25.2 Å². The molecule has 0 aromatic rings. The van der Waals surface area contributed by atoms with Crippen molar-refractivity contribution in [2.75, 3.05) is 0 Å². The van der Waals surface area contributed by atoms with Gasteiger partial charge in [0.05, 0.1) is 5.10 Å². The minimum atomic E-state index is -1.23. The average Bonchev–Trinajstić information content (AvgIpc) is 3.16. The number of carbonyl (C=O) groups is 2. The van der Waals surface area contributed by atoms with Crippen molar-refractivity contribution in [1.29, 1.82) is 0 Å². The van der Waals surface area contributed by atoms with Crippen LogP contribution in [0.25, 0.3) is 0 Å². The van der Waals surface area contributed by atoms with Crippen molar-refractivity contribution in [3.63, 3.8) is 0 Å². The molecular weight excluding hydrogens is 496 g/mol. The zero-order chi connectivity index (χ0) is 28.8. The molecule has 0 bridgehead atoms. The maximum atomic E-state index is 12.5. The van der Waals surface area contributed by atoms with Crippen LogP contribution in [0.5, 0.6) is 0 Å². The number of hydrogen-bond donors (Lipinski definition) is 0. The Labute approximate surface area is 234 Å². The van der Waals surface area contributed by atoms with Gasteiger partial charge in [0.15, 0.2) is 10.6 Å². The van der Waals surface area contributed by atoms with Gasteiger partial charge in [-0.25, -0.2) is 10.1 Å². The third kappa shape index (κ3) is 5.38. The molecule has 0 unspecified atom stereocenters. The quantitative estimate of drug-likeness (QED) is 0.185. The van der Waals surface area contributed by atoms with Crippen LogP contribution in [0.2, 0.25) is 0 Å². The Morgan fingerprint density at radius 2 is 1.74 bits per heavy atom. The first-order chi connectivity index (χ1) is 18.2. The highest BCUT2D eigenvalue weighted by atomic mass is 16.7. The van der Waals surface area contributed by atoms with E-state index in [2.05, 4.69) is 39.7 Å². The Balaban J connectivity index is 1.69. The first-order valence-corrected chi connectivity index (χ1v) is 15.3. The second kappa shape index (κ2) is 11.1. The molecule has 4 fully saturated rings. The summed E-state index contributed by atoms with van der Waals surface area (Å²) in [6, 6.07) is 0. The normalized spacial score (nSPS) is 41.3. The second-order valence-corrected chi connectivity index (χ2v) is 14.2. The van der Waals surface area contributed by atoms with Crippen LogP contribution in [-0.4, -0.2) is 34.4 Å². The summed E-state index contributed by atoms with van der Waals surface area (Å²) in [6.45, 7) is 14.4. The van der Waals surface area contributed by atoms with Crippen molar-refractivity contribution in [1.82, 2.24) is 0 Å². The summed E-state index contributed by atoms with van der Waals surface area (Å²) in [5.74, 6) is 2.22. The highest BCUT2D eigenvalue weighted by Gasteiger charge is 2.70. The Bertz CT molecular complexity index is 996. The molecule has 0 aromatic heterocycles. The Hall–Kier alpha value is -1.99. The van der Waals surface area contributed by atoms with E-state index in [-0.39, 0.29) is 23.7 Å². The fourth-order valence-electron chi connectivity index (χ4n) is 10.0. The molecule has 39 heavy (non-hydrogen) atoms. The molecule has 4 rings (SSSR count). The molecule has 220 valence electrons. The maximum Gasteiger partial charge on any atom is 0.303 e. The molecule has 8 heteroatoms. The fourth-order valence-corrected chi connectivity index (χ4v) is 10.0. The number of hydrogen-bond acceptors (Lipinski definition) is 6. The van der Waals surface area contributed by atoms with Crippen LogP contribution in [0.15, 0.2) is 5.10 Å². The van der Waals surface area contributed by atoms with Crippen molar-refractivity contribution >= 4 is 17.7 Å². The summed E-state index contributed by atoms with van der Waals surface area (Å²) < 4.78 is 11.8. The number of nitrogens with zero attached hydrogens (tertiary/aromatic N) is 2. The van der Waals surface area contributed by atoms with Gasteiger partial charge in [0, 0.05) is 25.7 Å². The smallest absolute Gasteiger partial charge is 0.303 e. The van der Waals surface area contributed by atoms with Gasteiger partial charge >= 0.3 is 11.9 Å². The Morgan fingerprint density at radius 1 is 1.03 bits per heavy atom. The van der Waals surface area contributed by atoms with Gasteiger partial charge in [-0.3, -0.25) is 9.59 Å². The molecule has 0 N–H and O–H groups in total. The minimum absolute atomic E-state index is 0.213. The van der Waals surface area contributed by atoms with E-state index in [1.54, 1.807) is 0 Å². The first-order valence-electron chi connectivity index (χ1n) is 15.3. The Kier molecular flexibility index (Phi) is 8.55. The zero-order valence-electron chi connectivity index (χ0n) is 25.2. The number of fused-ring (bicyclic) bond motifs is 5. The third-order valence-corrected chi connectivity index (χ3v) is 11.6. The van der Waals surface area contributed by atoms with Crippen LogP contribution in [0.1, 0.15) is 119 Å². The second-order valence-electron chi connectivity index (χ2n) is 14.2. The highest BCUT2D eigenvalue weighted by molar-refractivity contribution is 5.96. The largest absolute Gasteiger partial charge is 0.462 e. The van der Waals surface area contributed by atoms with Gasteiger partial charge in [-0.1, -0.05) is 53.9 Å². The lowest BCUT2D eigenvalue weighted by atomic mass is 9.42. The van der Waals surface area contributed by atoms with E-state index >= 15 is 0 Å². The van der Waals surface area contributed by atoms with Crippen LogP contribution in [0.4, 0.5) is 0 Å². The molecular formula is C31H50N2O6. The van der Waals surface area contributed by atoms with Crippen molar-refractivity contribution in [3.05, 3.63) is 10.1 Å². The zero-order valence-corrected chi connectivity index (χ0v) is 25.2. The summed E-state index contributed by atoms with van der Waals surface area (Å²) in [5.41, 5.74) is -1.16. The van der Waals surface area contributed by atoms with Gasteiger partial charge in [0.25, 0.3) is 0 Å². The molecule has 0 saturated heterocycles. The molecule has 8 nitrogen and oxygen atoms in total. The average molecular weight is 547 g/mol. The molecule has 0 aromatic carbocycles. The van der Waals surface area contributed by atoms with E-state index in [9.17, 15) is 19.7 Å². The third-order valence-electron chi connectivity index (χ3n) is 11.6. The Morgan fingerprint density at radius 3 is 2.36 bits per heavy atom. The SMILES string of the molecule is CC(=O)O[C@H]1CC[C@]2(C)[C@@H]3CC[C@@]4(C)[C@@H](CC[C@H]4[C@H](C)CCCC(C)C)[C@H]3C/C(=N/[N+](=O)[O-])[C@@]2(OC(C)=O)C1. The lowest BCUT2D eigenvalue weighted by molar-refractivity contribution is -0.486. The van der Waals surface area contributed by atoms with Crippen molar-refractivity contribution < 1.29 is 24.1 Å². The van der Waals surface area contributed by atoms with E-state index in [1.165, 1.54) is 39.5 Å². The number of esters is 2. The molecule has 0 heterocycles. The number of ether oxygens (including phenoxy) is 2. The van der Waals surface area contributed by atoms with Crippen molar-refractivity contribution in [3.8, 4) is 0 Å². The van der Waals surface area contributed by atoms with E-state index < -0.39 is 34.1 Å². The lowest BCUT2D eigenvalue weighted by Gasteiger charge is -2.64. The number of rotatable bonds is 8. The topological polar surface area (TPSA) is 108 Å². The number of nitro groups is 1. The maximum absolute atomic E-state index is 12.5. The predicted octanol–water partition coefficient (Wildman–Crippen LogP) is 6.97. The van der Waals surface area contributed by atoms with Crippen molar-refractivity contribution in [2.45, 2.75) is 131 Å². The summed E-state index contributed by atoms with van der Waals surface area (Å²) in [4.78, 5) is 36.3. The van der Waals surface area contributed by atoms with Crippen LogP contribution in [-0.2, 0) is 19.1 Å². The van der Waals surface area contributed by atoms with E-state index in [1.807, 2.05) is 0 Å². The van der Waals surface area contributed by atoms with Gasteiger partial charge in [-0.15, -0.1) is 0 Å². The fraction of sp³-hybridized carbons (Fsp3) is 0.903. The molecule has 0 radical (unpaired) electrons. The van der Waals surface area contributed by atoms with Gasteiger partial charge < -0.3 is 9.47 Å². The van der Waals surface area contributed by atoms with E-state index in [0.29, 0.717) is 42.7 Å². The summed E-state index contributed by atoms with van der Waals surface area (Å²) in [6.07, 6.45) is 9.91. The minimum Gasteiger partial charge on any atom is -0.462 e. The van der Waals surface area contributed by atoms with Gasteiger partial charge in [0.1, 0.15) is 11.8 Å². The van der Waals surface area contributed by atoms with Crippen LogP contribution >= 0.6 is 0 Å². The molecule has 4 saturated carbocycles. The van der Waals surface area contributed by atoms with Crippen LogP contribution < -0.4 is 0 Å². The predicted molar refractivity (Wildman–Crippen MR) is 149 cm³/mol. The molecule has 0 aliphatic heterocycles. The molecule has 4 aliphatic carbocycles. The first kappa shape index (κ1) is 30.0. The summed E-state index contributed by atoms with van der Waals surface area (Å²) in [5, 5.41) is 15.2. The number of hydrazone groups is 1. The molecule has 9 atom stereocenters. The molecule has 0 spiro atoms. The summed E-state index contributed by atoms with van der Waals surface area (Å²) in [7, 11) is 0. The van der Waals surface area contributed by atoms with Crippen LogP contribution in [0.3, 0.4) is 0 Å². The standard InChI is InChI=1S/C31H50N2O6/c1-19(2)9-8-10-20(3)25-11-12-26-24-17-28(32-33(36)37)31(39-22(5)35)18-23(38-21(4)34)13-16-30(31,7)27(24)14-15-29(25,26)6/h19-20,23-27H,8-18H2,1-7H3/b32-28-/t20-,23+,24-,25+,26+,27-,29-,30-,31+/m1/s1. The van der Waals surface area contributed by atoms with Gasteiger partial charge in [0.2, 0.25) is 0 Å². The van der Waals surface area contributed by atoms with Gasteiger partial charge in [-0.05, 0) is 85.9 Å². The van der Waals surface area contributed by atoms with Crippen LogP contribution in [0, 0.1) is 56.5 Å². The molecule has 4 aliphatic rings. The number of carbonyl (C=O) groups excluding carboxylic acids is 2. The van der Waals surface area contributed by atoms with E-state index in [4.69, 9.17) is 9.47 Å². The van der Waals surface area contributed by atoms with Gasteiger partial charge in [-0.2, -0.15) is 0 Å². The lowest BCUT2D eigenvalue weighted by Crippen LogP contribution is -2.69. The monoisotopic (exact) mass is 546 g/mol. The molecule has 0 amide bonds. The van der Waals surface area contributed by atoms with Crippen molar-refractivity contribution in [2.24, 2.45) is 51.4 Å². The highest BCUT2D eigenvalue weighted by Crippen LogP contribution is 2.69. The summed E-state index contributed by atoms with van der Waals surface area (Å²) >= 11 is 0.